The summed E-state index contributed by atoms with van der Waals surface area (Å²) in [6.07, 6.45) is 14.4. The van der Waals surface area contributed by atoms with E-state index in [0.717, 1.165) is 62.5 Å². The summed E-state index contributed by atoms with van der Waals surface area (Å²) in [6.45, 7) is 2.19. The SMILES string of the molecule is COC1CC=C(C2CCC(CCc3ccc(C4=CCC(C)CC4)c(F)c3F)CC2)C=C1F. The fraction of sp³-hybridized carbons (Fsp3) is 0.571. The molecule has 0 amide bonds. The molecule has 1 aromatic carbocycles. The van der Waals surface area contributed by atoms with Crippen LogP contribution in [-0.2, 0) is 11.2 Å². The van der Waals surface area contributed by atoms with Gasteiger partial charge in [0.25, 0.3) is 0 Å². The summed E-state index contributed by atoms with van der Waals surface area (Å²) in [5.74, 6) is 0.00514. The molecule has 32 heavy (non-hydrogen) atoms. The van der Waals surface area contributed by atoms with Crippen LogP contribution < -0.4 is 0 Å². The van der Waals surface area contributed by atoms with Gasteiger partial charge in [-0.3, -0.25) is 0 Å². The van der Waals surface area contributed by atoms with Gasteiger partial charge in [-0.05, 0) is 105 Å². The van der Waals surface area contributed by atoms with Crippen LogP contribution in [0.4, 0.5) is 13.2 Å². The van der Waals surface area contributed by atoms with Gasteiger partial charge in [0.1, 0.15) is 11.9 Å². The van der Waals surface area contributed by atoms with Crippen LogP contribution in [0.5, 0.6) is 0 Å². The molecule has 3 aliphatic carbocycles. The number of rotatable bonds is 6. The molecule has 0 spiro atoms. The molecule has 0 bridgehead atoms. The predicted molar refractivity (Wildman–Crippen MR) is 124 cm³/mol. The summed E-state index contributed by atoms with van der Waals surface area (Å²) in [5.41, 5.74) is 2.98. The molecule has 0 radical (unpaired) electrons. The number of methoxy groups -OCH3 is 1. The Labute approximate surface area is 190 Å². The molecule has 2 atom stereocenters. The van der Waals surface area contributed by atoms with Crippen LogP contribution in [0.2, 0.25) is 0 Å². The van der Waals surface area contributed by atoms with E-state index in [0.29, 0.717) is 41.7 Å². The molecule has 2 unspecified atom stereocenters. The molecule has 3 aliphatic rings. The van der Waals surface area contributed by atoms with Crippen molar-refractivity contribution in [2.75, 3.05) is 7.11 Å². The van der Waals surface area contributed by atoms with E-state index >= 15 is 0 Å². The molecule has 1 nitrogen and oxygen atoms in total. The van der Waals surface area contributed by atoms with Gasteiger partial charge in [-0.1, -0.05) is 31.2 Å². The number of hydrogen-bond donors (Lipinski definition) is 0. The van der Waals surface area contributed by atoms with Gasteiger partial charge >= 0.3 is 0 Å². The molecule has 1 saturated carbocycles. The Bertz CT molecular complexity index is 905. The van der Waals surface area contributed by atoms with Crippen LogP contribution in [0.25, 0.3) is 5.57 Å². The maximum Gasteiger partial charge on any atom is 0.166 e. The number of hydrogen-bond acceptors (Lipinski definition) is 1. The van der Waals surface area contributed by atoms with Crippen molar-refractivity contribution in [1.29, 1.82) is 0 Å². The average Bonchev–Trinajstić information content (AvgIpc) is 2.81. The van der Waals surface area contributed by atoms with Crippen molar-refractivity contribution >= 4 is 5.57 Å². The molecular formula is C28H35F3O. The van der Waals surface area contributed by atoms with E-state index in [1.54, 1.807) is 18.2 Å². The second-order valence-electron chi connectivity index (χ2n) is 9.96. The van der Waals surface area contributed by atoms with Crippen LogP contribution in [0.15, 0.2) is 41.8 Å². The molecule has 1 fully saturated rings. The Morgan fingerprint density at radius 2 is 1.72 bits per heavy atom. The van der Waals surface area contributed by atoms with Crippen LogP contribution >= 0.6 is 0 Å². The maximum absolute atomic E-state index is 14.8. The largest absolute Gasteiger partial charge is 0.374 e. The van der Waals surface area contributed by atoms with Crippen molar-refractivity contribution < 1.29 is 17.9 Å². The van der Waals surface area contributed by atoms with E-state index in [1.165, 1.54) is 7.11 Å². The van der Waals surface area contributed by atoms with Crippen LogP contribution in [0.1, 0.15) is 75.8 Å². The minimum atomic E-state index is -0.681. The molecule has 0 heterocycles. The number of benzene rings is 1. The smallest absolute Gasteiger partial charge is 0.166 e. The second kappa shape index (κ2) is 10.4. The third-order valence-electron chi connectivity index (χ3n) is 7.79. The molecule has 4 rings (SSSR count). The van der Waals surface area contributed by atoms with Gasteiger partial charge in [-0.2, -0.15) is 0 Å². The lowest BCUT2D eigenvalue weighted by Crippen LogP contribution is -2.20. The lowest BCUT2D eigenvalue weighted by atomic mass is 9.75. The minimum absolute atomic E-state index is 0.174. The van der Waals surface area contributed by atoms with Crippen molar-refractivity contribution in [2.45, 2.75) is 77.2 Å². The van der Waals surface area contributed by atoms with E-state index in [2.05, 4.69) is 19.1 Å². The topological polar surface area (TPSA) is 9.23 Å². The highest BCUT2D eigenvalue weighted by Crippen LogP contribution is 2.39. The summed E-state index contributed by atoms with van der Waals surface area (Å²) < 4.78 is 48.8. The first-order valence-electron chi connectivity index (χ1n) is 12.2. The first-order chi connectivity index (χ1) is 15.5. The summed E-state index contributed by atoms with van der Waals surface area (Å²) in [4.78, 5) is 0. The Balaban J connectivity index is 1.31. The van der Waals surface area contributed by atoms with Gasteiger partial charge in [-0.15, -0.1) is 0 Å². The normalized spacial score (nSPS) is 28.7. The van der Waals surface area contributed by atoms with Gasteiger partial charge in [0.05, 0.1) is 0 Å². The van der Waals surface area contributed by atoms with Crippen LogP contribution in [0, 0.1) is 29.4 Å². The zero-order chi connectivity index (χ0) is 22.7. The van der Waals surface area contributed by atoms with Gasteiger partial charge < -0.3 is 4.74 Å². The van der Waals surface area contributed by atoms with Crippen LogP contribution in [0.3, 0.4) is 0 Å². The summed E-state index contributed by atoms with van der Waals surface area (Å²) >= 11 is 0. The average molecular weight is 445 g/mol. The summed E-state index contributed by atoms with van der Waals surface area (Å²) in [6, 6.07) is 3.56. The van der Waals surface area contributed by atoms with E-state index in [1.807, 2.05) is 0 Å². The third-order valence-corrected chi connectivity index (χ3v) is 7.79. The van der Waals surface area contributed by atoms with Crippen molar-refractivity contribution in [3.05, 3.63) is 64.5 Å². The van der Waals surface area contributed by atoms with E-state index < -0.39 is 17.7 Å². The van der Waals surface area contributed by atoms with Crippen molar-refractivity contribution in [3.63, 3.8) is 0 Å². The molecule has 1 aromatic rings. The van der Waals surface area contributed by atoms with Gasteiger partial charge in [0.2, 0.25) is 0 Å². The van der Waals surface area contributed by atoms with E-state index in [4.69, 9.17) is 4.74 Å². The lowest BCUT2D eigenvalue weighted by Gasteiger charge is -2.31. The van der Waals surface area contributed by atoms with Crippen molar-refractivity contribution in [1.82, 2.24) is 0 Å². The molecule has 174 valence electrons. The van der Waals surface area contributed by atoms with Gasteiger partial charge in [0.15, 0.2) is 11.6 Å². The van der Waals surface area contributed by atoms with E-state index in [9.17, 15) is 13.2 Å². The highest BCUT2D eigenvalue weighted by Gasteiger charge is 2.27. The standard InChI is InChI=1S/C28H35F3O/c1-18-3-8-21(9-4-18)24-15-13-22(27(30)28(24)31)12-7-19-5-10-20(11-6-19)23-14-16-26(32-2)25(29)17-23/h8,13-15,17-20,26H,3-7,9-12,16H2,1-2H3. The summed E-state index contributed by atoms with van der Waals surface area (Å²) in [5, 5.41) is 0. The van der Waals surface area contributed by atoms with Crippen LogP contribution in [-0.4, -0.2) is 13.2 Å². The molecule has 0 aromatic heterocycles. The molecule has 0 aliphatic heterocycles. The first-order valence-corrected chi connectivity index (χ1v) is 12.2. The Morgan fingerprint density at radius 1 is 0.938 bits per heavy atom. The van der Waals surface area contributed by atoms with Crippen molar-refractivity contribution in [3.8, 4) is 0 Å². The zero-order valence-corrected chi connectivity index (χ0v) is 19.3. The summed E-state index contributed by atoms with van der Waals surface area (Å²) in [7, 11) is 1.54. The number of allylic oxidation sites excluding steroid dienone is 4. The van der Waals surface area contributed by atoms with E-state index in [-0.39, 0.29) is 5.83 Å². The second-order valence-corrected chi connectivity index (χ2v) is 9.96. The number of ether oxygens (including phenoxy) is 1. The van der Waals surface area contributed by atoms with Crippen molar-refractivity contribution in [2.24, 2.45) is 17.8 Å². The lowest BCUT2D eigenvalue weighted by molar-refractivity contribution is 0.112. The number of aryl methyl sites for hydroxylation is 1. The molecule has 4 heteroatoms. The fourth-order valence-electron chi connectivity index (χ4n) is 5.54. The van der Waals surface area contributed by atoms with Gasteiger partial charge in [0, 0.05) is 12.7 Å². The molecular weight excluding hydrogens is 409 g/mol. The molecule has 0 saturated heterocycles. The predicted octanol–water partition coefficient (Wildman–Crippen LogP) is 8.11. The monoisotopic (exact) mass is 444 g/mol. The maximum atomic E-state index is 14.8. The zero-order valence-electron chi connectivity index (χ0n) is 19.3. The Hall–Kier alpha value is -1.81. The molecule has 0 N–H and O–H groups in total. The Morgan fingerprint density at radius 3 is 2.38 bits per heavy atom. The quantitative estimate of drug-likeness (QED) is 0.431. The highest BCUT2D eigenvalue weighted by atomic mass is 19.2. The number of halogens is 3. The first kappa shape index (κ1) is 23.4. The third kappa shape index (κ3) is 5.22. The Kier molecular flexibility index (Phi) is 7.60. The fourth-order valence-corrected chi connectivity index (χ4v) is 5.54. The minimum Gasteiger partial charge on any atom is -0.374 e. The van der Waals surface area contributed by atoms with Gasteiger partial charge in [-0.25, -0.2) is 13.2 Å². The highest BCUT2D eigenvalue weighted by molar-refractivity contribution is 5.67.